The standard InChI is InChI=1S/C14H28N2O2/c1-11(6-4-7-12(2)15)14(17)16-8-5-9-18-13(3)10-16/h11-13H,4-10,15H2,1-3H3. The van der Waals surface area contributed by atoms with Crippen LogP contribution in [0.2, 0.25) is 0 Å². The number of nitrogens with two attached hydrogens (primary N) is 1. The average molecular weight is 256 g/mol. The smallest absolute Gasteiger partial charge is 0.225 e. The number of nitrogens with zero attached hydrogens (tertiary/aromatic N) is 1. The van der Waals surface area contributed by atoms with Crippen LogP contribution in [0.1, 0.15) is 46.5 Å². The first-order valence-electron chi connectivity index (χ1n) is 7.16. The molecule has 3 atom stereocenters. The van der Waals surface area contributed by atoms with Gasteiger partial charge in [-0.05, 0) is 33.1 Å². The van der Waals surface area contributed by atoms with E-state index >= 15 is 0 Å². The predicted octanol–water partition coefficient (Wildman–Crippen LogP) is 1.78. The summed E-state index contributed by atoms with van der Waals surface area (Å²) >= 11 is 0. The van der Waals surface area contributed by atoms with E-state index in [4.69, 9.17) is 10.5 Å². The maximum Gasteiger partial charge on any atom is 0.225 e. The highest BCUT2D eigenvalue weighted by Crippen LogP contribution is 2.15. The number of hydrogen-bond donors (Lipinski definition) is 1. The first-order valence-corrected chi connectivity index (χ1v) is 7.16. The van der Waals surface area contributed by atoms with E-state index in [-0.39, 0.29) is 24.0 Å². The molecular formula is C14H28N2O2. The minimum atomic E-state index is 0.106. The van der Waals surface area contributed by atoms with Gasteiger partial charge in [0.2, 0.25) is 5.91 Å². The molecule has 1 rings (SSSR count). The Bertz CT molecular complexity index is 256. The third kappa shape index (κ3) is 5.36. The van der Waals surface area contributed by atoms with Crippen LogP contribution >= 0.6 is 0 Å². The maximum absolute atomic E-state index is 12.3. The number of amides is 1. The monoisotopic (exact) mass is 256 g/mol. The van der Waals surface area contributed by atoms with Crippen LogP contribution in [-0.4, -0.2) is 42.6 Å². The van der Waals surface area contributed by atoms with Crippen LogP contribution in [-0.2, 0) is 9.53 Å². The summed E-state index contributed by atoms with van der Waals surface area (Å²) in [6.45, 7) is 8.41. The normalized spacial score (nSPS) is 24.4. The molecule has 0 aromatic heterocycles. The largest absolute Gasteiger partial charge is 0.377 e. The molecular weight excluding hydrogens is 228 g/mol. The van der Waals surface area contributed by atoms with Crippen molar-refractivity contribution in [3.8, 4) is 0 Å². The summed E-state index contributed by atoms with van der Waals surface area (Å²) in [5.74, 6) is 0.381. The van der Waals surface area contributed by atoms with Gasteiger partial charge in [0.1, 0.15) is 0 Å². The molecule has 3 unspecified atom stereocenters. The first-order chi connectivity index (χ1) is 8.50. The zero-order chi connectivity index (χ0) is 13.5. The molecule has 4 heteroatoms. The fraction of sp³-hybridized carbons (Fsp3) is 0.929. The van der Waals surface area contributed by atoms with Gasteiger partial charge >= 0.3 is 0 Å². The zero-order valence-corrected chi connectivity index (χ0v) is 12.0. The van der Waals surface area contributed by atoms with Crippen LogP contribution < -0.4 is 5.73 Å². The third-order valence-corrected chi connectivity index (χ3v) is 3.48. The molecule has 0 spiro atoms. The van der Waals surface area contributed by atoms with Gasteiger partial charge in [-0.3, -0.25) is 4.79 Å². The molecule has 1 aliphatic rings. The Morgan fingerprint density at radius 2 is 2.17 bits per heavy atom. The van der Waals surface area contributed by atoms with Crippen molar-refractivity contribution in [3.05, 3.63) is 0 Å². The van der Waals surface area contributed by atoms with Gasteiger partial charge in [0.15, 0.2) is 0 Å². The molecule has 2 N–H and O–H groups in total. The van der Waals surface area contributed by atoms with Crippen LogP contribution in [0.5, 0.6) is 0 Å². The number of rotatable bonds is 5. The van der Waals surface area contributed by atoms with Crippen molar-refractivity contribution in [1.82, 2.24) is 4.90 Å². The molecule has 0 bridgehead atoms. The van der Waals surface area contributed by atoms with Crippen molar-refractivity contribution in [2.24, 2.45) is 11.7 Å². The van der Waals surface area contributed by atoms with Gasteiger partial charge in [-0.15, -0.1) is 0 Å². The molecule has 1 amide bonds. The van der Waals surface area contributed by atoms with Crippen molar-refractivity contribution in [3.63, 3.8) is 0 Å². The van der Waals surface area contributed by atoms with Gasteiger partial charge in [0, 0.05) is 31.7 Å². The molecule has 1 fully saturated rings. The van der Waals surface area contributed by atoms with Gasteiger partial charge in [0.05, 0.1) is 6.10 Å². The highest BCUT2D eigenvalue weighted by molar-refractivity contribution is 5.78. The molecule has 106 valence electrons. The Labute approximate surface area is 111 Å². The van der Waals surface area contributed by atoms with Crippen molar-refractivity contribution >= 4 is 5.91 Å². The third-order valence-electron chi connectivity index (χ3n) is 3.48. The molecule has 1 heterocycles. The van der Waals surface area contributed by atoms with E-state index in [2.05, 4.69) is 0 Å². The average Bonchev–Trinajstić information content (AvgIpc) is 2.52. The van der Waals surface area contributed by atoms with Crippen molar-refractivity contribution in [1.29, 1.82) is 0 Å². The van der Waals surface area contributed by atoms with Crippen LogP contribution in [0.15, 0.2) is 0 Å². The van der Waals surface area contributed by atoms with Crippen molar-refractivity contribution < 1.29 is 9.53 Å². The second kappa shape index (κ2) is 7.74. The summed E-state index contributed by atoms with van der Waals surface area (Å²) < 4.78 is 5.57. The van der Waals surface area contributed by atoms with E-state index in [1.165, 1.54) is 0 Å². The van der Waals surface area contributed by atoms with Gasteiger partial charge in [-0.25, -0.2) is 0 Å². The van der Waals surface area contributed by atoms with E-state index in [1.54, 1.807) is 0 Å². The second-order valence-corrected chi connectivity index (χ2v) is 5.63. The molecule has 18 heavy (non-hydrogen) atoms. The SMILES string of the molecule is CC(N)CCCC(C)C(=O)N1CCCOC(C)C1. The Morgan fingerprint density at radius 3 is 2.83 bits per heavy atom. The van der Waals surface area contributed by atoms with Crippen molar-refractivity contribution in [2.75, 3.05) is 19.7 Å². The molecule has 0 aliphatic carbocycles. The van der Waals surface area contributed by atoms with Gasteiger partial charge in [0.25, 0.3) is 0 Å². The summed E-state index contributed by atoms with van der Waals surface area (Å²) in [4.78, 5) is 14.3. The van der Waals surface area contributed by atoms with Gasteiger partial charge < -0.3 is 15.4 Å². The van der Waals surface area contributed by atoms with E-state index < -0.39 is 0 Å². The fourth-order valence-corrected chi connectivity index (χ4v) is 2.38. The Balaban J connectivity index is 2.36. The van der Waals surface area contributed by atoms with Gasteiger partial charge in [-0.2, -0.15) is 0 Å². The highest BCUT2D eigenvalue weighted by Gasteiger charge is 2.23. The van der Waals surface area contributed by atoms with Crippen LogP contribution in [0, 0.1) is 5.92 Å². The van der Waals surface area contributed by atoms with E-state index in [9.17, 15) is 4.79 Å². The van der Waals surface area contributed by atoms with E-state index in [0.29, 0.717) is 0 Å². The molecule has 0 aromatic carbocycles. The molecule has 1 aliphatic heterocycles. The number of carbonyl (C=O) groups is 1. The van der Waals surface area contributed by atoms with E-state index in [1.807, 2.05) is 25.7 Å². The lowest BCUT2D eigenvalue weighted by molar-refractivity contribution is -0.135. The summed E-state index contributed by atoms with van der Waals surface area (Å²) in [5, 5.41) is 0. The lowest BCUT2D eigenvalue weighted by atomic mass is 10.0. The second-order valence-electron chi connectivity index (χ2n) is 5.63. The van der Waals surface area contributed by atoms with Crippen LogP contribution in [0.25, 0.3) is 0 Å². The Hall–Kier alpha value is -0.610. The summed E-state index contributed by atoms with van der Waals surface area (Å²) in [5.41, 5.74) is 5.72. The lowest BCUT2D eigenvalue weighted by Crippen LogP contribution is -2.39. The quantitative estimate of drug-likeness (QED) is 0.815. The minimum Gasteiger partial charge on any atom is -0.377 e. The predicted molar refractivity (Wildman–Crippen MR) is 73.3 cm³/mol. The number of carbonyl (C=O) groups excluding carboxylic acids is 1. The fourth-order valence-electron chi connectivity index (χ4n) is 2.38. The van der Waals surface area contributed by atoms with Gasteiger partial charge in [-0.1, -0.05) is 13.3 Å². The number of ether oxygens (including phenoxy) is 1. The summed E-state index contributed by atoms with van der Waals surface area (Å²) in [6, 6.07) is 0.235. The van der Waals surface area contributed by atoms with E-state index in [0.717, 1.165) is 45.4 Å². The molecule has 1 saturated heterocycles. The topological polar surface area (TPSA) is 55.6 Å². The summed E-state index contributed by atoms with van der Waals surface area (Å²) in [6.07, 6.45) is 4.07. The molecule has 0 saturated carbocycles. The van der Waals surface area contributed by atoms with Crippen LogP contribution in [0.3, 0.4) is 0 Å². The highest BCUT2D eigenvalue weighted by atomic mass is 16.5. The first kappa shape index (κ1) is 15.4. The zero-order valence-electron chi connectivity index (χ0n) is 12.0. The minimum absolute atomic E-state index is 0.106. The maximum atomic E-state index is 12.3. The molecule has 0 aromatic rings. The molecule has 0 radical (unpaired) electrons. The summed E-state index contributed by atoms with van der Waals surface area (Å²) in [7, 11) is 0. The van der Waals surface area contributed by atoms with Crippen LogP contribution in [0.4, 0.5) is 0 Å². The number of hydrogen-bond acceptors (Lipinski definition) is 3. The molecule has 4 nitrogen and oxygen atoms in total. The lowest BCUT2D eigenvalue weighted by Gasteiger charge is -2.25. The van der Waals surface area contributed by atoms with Crippen molar-refractivity contribution in [2.45, 2.75) is 58.6 Å². The Morgan fingerprint density at radius 1 is 1.44 bits per heavy atom. The Kier molecular flexibility index (Phi) is 6.65.